The van der Waals surface area contributed by atoms with E-state index in [-0.39, 0.29) is 12.1 Å². The van der Waals surface area contributed by atoms with E-state index in [9.17, 15) is 0 Å². The summed E-state index contributed by atoms with van der Waals surface area (Å²) in [5, 5.41) is 8.02. The molecule has 0 bridgehead atoms. The lowest BCUT2D eigenvalue weighted by Gasteiger charge is -2.38. The molecule has 2 aromatic heterocycles. The number of hydrogen-bond acceptors (Lipinski definition) is 5. The average molecular weight is 379 g/mol. The molecule has 0 amide bonds. The lowest BCUT2D eigenvalue weighted by atomic mass is 9.85. The van der Waals surface area contributed by atoms with Gasteiger partial charge in [0.2, 0.25) is 5.95 Å². The summed E-state index contributed by atoms with van der Waals surface area (Å²) in [6, 6.07) is 22.2. The summed E-state index contributed by atoms with van der Waals surface area (Å²) < 4.78 is 8.46. The maximum absolute atomic E-state index is 6.55. The van der Waals surface area contributed by atoms with E-state index in [1.165, 1.54) is 0 Å². The number of fused-ring (bicyclic) bond motifs is 3. The lowest BCUT2D eigenvalue weighted by molar-refractivity contribution is 0.223. The number of hydrogen-bond donors (Lipinski definition) is 1. The van der Waals surface area contributed by atoms with Gasteiger partial charge in [0.05, 0.1) is 5.70 Å². The van der Waals surface area contributed by atoms with Crippen LogP contribution in [0.5, 0.6) is 5.75 Å². The molecule has 2 aliphatic rings. The highest BCUT2D eigenvalue weighted by Gasteiger charge is 2.40. The fraction of sp³-hybridized carbons (Fsp3) is 0.0870. The number of nitrogens with zero attached hydrogens (tertiary/aromatic N) is 4. The van der Waals surface area contributed by atoms with Gasteiger partial charge in [-0.2, -0.15) is 10.1 Å². The molecule has 0 spiro atoms. The van der Waals surface area contributed by atoms with Crippen LogP contribution < -0.4 is 10.1 Å². The van der Waals surface area contributed by atoms with Crippen LogP contribution in [0.25, 0.3) is 5.70 Å². The molecule has 0 saturated carbocycles. The van der Waals surface area contributed by atoms with Crippen molar-refractivity contribution in [1.82, 2.24) is 19.7 Å². The Balaban J connectivity index is 1.65. The van der Waals surface area contributed by atoms with Crippen molar-refractivity contribution in [2.75, 3.05) is 5.32 Å². The fourth-order valence-corrected chi connectivity index (χ4v) is 4.18. The van der Waals surface area contributed by atoms with Crippen LogP contribution in [0.4, 0.5) is 5.95 Å². The Labute approximate surface area is 167 Å². The van der Waals surface area contributed by atoms with Crippen molar-refractivity contribution in [3.8, 4) is 5.75 Å². The first-order chi connectivity index (χ1) is 14.4. The van der Waals surface area contributed by atoms with Crippen LogP contribution in [-0.4, -0.2) is 19.7 Å². The van der Waals surface area contributed by atoms with E-state index >= 15 is 0 Å². The van der Waals surface area contributed by atoms with Crippen LogP contribution in [0.15, 0.2) is 91.0 Å². The van der Waals surface area contributed by atoms with E-state index in [0.29, 0.717) is 5.95 Å². The summed E-state index contributed by atoms with van der Waals surface area (Å²) in [6.07, 6.45) is 4.99. The first kappa shape index (κ1) is 16.1. The monoisotopic (exact) mass is 379 g/mol. The van der Waals surface area contributed by atoms with Crippen molar-refractivity contribution in [2.45, 2.75) is 12.1 Å². The number of ether oxygens (including phenoxy) is 1. The van der Waals surface area contributed by atoms with Crippen LogP contribution in [0.1, 0.15) is 28.8 Å². The maximum Gasteiger partial charge on any atom is 0.226 e. The zero-order chi connectivity index (χ0) is 19.2. The van der Waals surface area contributed by atoms with Gasteiger partial charge in [0.15, 0.2) is 0 Å². The van der Waals surface area contributed by atoms with Crippen LogP contribution in [0.3, 0.4) is 0 Å². The average Bonchev–Trinajstić information content (AvgIpc) is 3.26. The molecule has 0 fully saturated rings. The second-order valence-corrected chi connectivity index (χ2v) is 7.08. The minimum Gasteiger partial charge on any atom is -0.480 e. The Morgan fingerprint density at radius 2 is 1.72 bits per heavy atom. The number of benzene rings is 2. The highest BCUT2D eigenvalue weighted by atomic mass is 16.5. The molecule has 0 aliphatic carbocycles. The normalized spacial score (nSPS) is 19.4. The molecule has 0 unspecified atom stereocenters. The highest BCUT2D eigenvalue weighted by Crippen LogP contribution is 2.50. The summed E-state index contributed by atoms with van der Waals surface area (Å²) in [6.45, 7) is 0. The molecule has 4 aromatic rings. The molecule has 1 N–H and O–H groups in total. The molecule has 2 atom stereocenters. The first-order valence-electron chi connectivity index (χ1n) is 9.51. The van der Waals surface area contributed by atoms with E-state index in [1.807, 2.05) is 53.3 Å². The summed E-state index contributed by atoms with van der Waals surface area (Å²) in [5.74, 6) is 1.56. The minimum atomic E-state index is -0.254. The molecule has 6 heteroatoms. The molecule has 0 radical (unpaired) electrons. The van der Waals surface area contributed by atoms with E-state index in [0.717, 1.165) is 33.7 Å². The van der Waals surface area contributed by atoms with Gasteiger partial charge in [-0.15, -0.1) is 0 Å². The summed E-state index contributed by atoms with van der Waals surface area (Å²) in [7, 11) is 0. The third-order valence-corrected chi connectivity index (χ3v) is 5.42. The number of nitrogens with one attached hydrogen (secondary N) is 1. The molecule has 29 heavy (non-hydrogen) atoms. The summed E-state index contributed by atoms with van der Waals surface area (Å²) >= 11 is 0. The molecule has 4 heterocycles. The number of aromatic nitrogens is 4. The van der Waals surface area contributed by atoms with Crippen LogP contribution >= 0.6 is 0 Å². The quantitative estimate of drug-likeness (QED) is 0.565. The fourth-order valence-electron chi connectivity index (χ4n) is 4.18. The van der Waals surface area contributed by atoms with Gasteiger partial charge < -0.3 is 10.1 Å². The number of anilines is 1. The second kappa shape index (κ2) is 6.31. The predicted octanol–water partition coefficient (Wildman–Crippen LogP) is 4.23. The van der Waals surface area contributed by atoms with Crippen molar-refractivity contribution >= 4 is 11.6 Å². The molecule has 2 aromatic carbocycles. The van der Waals surface area contributed by atoms with E-state index in [2.05, 4.69) is 44.6 Å². The Bertz CT molecular complexity index is 1220. The first-order valence-corrected chi connectivity index (χ1v) is 9.51. The third-order valence-electron chi connectivity index (χ3n) is 5.42. The van der Waals surface area contributed by atoms with Crippen molar-refractivity contribution < 1.29 is 4.74 Å². The molecule has 6 nitrogen and oxygen atoms in total. The van der Waals surface area contributed by atoms with Gasteiger partial charge >= 0.3 is 0 Å². The van der Waals surface area contributed by atoms with Gasteiger partial charge in [0.1, 0.15) is 24.2 Å². The Morgan fingerprint density at radius 1 is 0.897 bits per heavy atom. The Kier molecular flexibility index (Phi) is 3.49. The summed E-state index contributed by atoms with van der Waals surface area (Å²) in [5.41, 5.74) is 5.28. The molecular formula is C23H17N5O. The standard InChI is InChI=1S/C23H17N5O/c1-2-7-15(8-3-1)22-19-20(17-10-4-5-11-18(17)29-22)27-23-25-14-26-28(23)21(19)16-9-6-12-24-13-16/h1-14,21-22H,(H,25,26,27)/t21-,22+/m0/s1. The van der Waals surface area contributed by atoms with Gasteiger partial charge in [-0.05, 0) is 29.3 Å². The van der Waals surface area contributed by atoms with E-state index < -0.39 is 0 Å². The van der Waals surface area contributed by atoms with Crippen molar-refractivity contribution in [3.05, 3.63) is 108 Å². The zero-order valence-electron chi connectivity index (χ0n) is 15.4. The smallest absolute Gasteiger partial charge is 0.226 e. The predicted molar refractivity (Wildman–Crippen MR) is 109 cm³/mol. The number of para-hydroxylation sites is 1. The van der Waals surface area contributed by atoms with Gasteiger partial charge in [-0.3, -0.25) is 4.98 Å². The molecule has 6 rings (SSSR count). The summed E-state index contributed by atoms with van der Waals surface area (Å²) in [4.78, 5) is 8.79. The van der Waals surface area contributed by atoms with Crippen molar-refractivity contribution in [3.63, 3.8) is 0 Å². The van der Waals surface area contributed by atoms with Crippen LogP contribution in [-0.2, 0) is 0 Å². The maximum atomic E-state index is 6.55. The van der Waals surface area contributed by atoms with Gasteiger partial charge in [0.25, 0.3) is 0 Å². The molecule has 140 valence electrons. The number of pyridine rings is 1. The van der Waals surface area contributed by atoms with Crippen molar-refractivity contribution in [1.29, 1.82) is 0 Å². The van der Waals surface area contributed by atoms with E-state index in [1.54, 1.807) is 12.5 Å². The Morgan fingerprint density at radius 3 is 2.59 bits per heavy atom. The molecular weight excluding hydrogens is 362 g/mol. The molecule has 2 aliphatic heterocycles. The van der Waals surface area contributed by atoms with Crippen molar-refractivity contribution in [2.24, 2.45) is 0 Å². The van der Waals surface area contributed by atoms with Gasteiger partial charge in [-0.1, -0.05) is 48.5 Å². The topological polar surface area (TPSA) is 64.9 Å². The number of rotatable bonds is 2. The largest absolute Gasteiger partial charge is 0.480 e. The minimum absolute atomic E-state index is 0.170. The highest BCUT2D eigenvalue weighted by molar-refractivity contribution is 5.85. The third kappa shape index (κ3) is 2.46. The van der Waals surface area contributed by atoms with E-state index in [4.69, 9.17) is 4.74 Å². The van der Waals surface area contributed by atoms with Gasteiger partial charge in [-0.25, -0.2) is 4.68 Å². The lowest BCUT2D eigenvalue weighted by Crippen LogP contribution is -2.32. The van der Waals surface area contributed by atoms with Gasteiger partial charge in [0, 0.05) is 23.5 Å². The Hall–Kier alpha value is -3.93. The van der Waals surface area contributed by atoms with Crippen LogP contribution in [0, 0.1) is 0 Å². The second-order valence-electron chi connectivity index (χ2n) is 7.08. The van der Waals surface area contributed by atoms with Crippen LogP contribution in [0.2, 0.25) is 0 Å². The zero-order valence-corrected chi connectivity index (χ0v) is 15.4. The SMILES string of the molecule is c1ccc([C@H]2Oc3ccccc3C3=C2[C@H](c2cccnc2)n2ncnc2N3)cc1. The molecule has 0 saturated heterocycles.